The van der Waals surface area contributed by atoms with Gasteiger partial charge in [0.1, 0.15) is 5.82 Å². The Morgan fingerprint density at radius 1 is 0.893 bits per heavy atom. The quantitative estimate of drug-likeness (QED) is 0.766. The second kappa shape index (κ2) is 7.72. The lowest BCUT2D eigenvalue weighted by Gasteiger charge is -2.34. The molecule has 0 aliphatic carbocycles. The molecule has 2 aromatic rings. The number of amides is 2. The highest BCUT2D eigenvalue weighted by Crippen LogP contribution is 2.32. The maximum Gasteiger partial charge on any atom is 0.254 e. The predicted molar refractivity (Wildman–Crippen MR) is 100 cm³/mol. The summed E-state index contributed by atoms with van der Waals surface area (Å²) in [6, 6.07) is 11.1. The number of carbonyl (C=O) groups excluding carboxylic acids is 2. The standard InChI is InChI=1S/C21H19FN2O4/c22-17-5-1-15(2-6-17)3-8-20(25)23-9-11-24(12-10-23)21(26)16-4-7-18-19(13-16)28-14-27-18/h1-8,13H,9-12,14H2/b8-3+. The maximum absolute atomic E-state index is 12.9. The van der Waals surface area contributed by atoms with Crippen LogP contribution in [-0.2, 0) is 4.79 Å². The molecule has 0 unspecified atom stereocenters. The molecule has 0 saturated carbocycles. The Balaban J connectivity index is 1.33. The summed E-state index contributed by atoms with van der Waals surface area (Å²) in [7, 11) is 0. The Morgan fingerprint density at radius 3 is 2.32 bits per heavy atom. The van der Waals surface area contributed by atoms with Crippen molar-refractivity contribution in [1.29, 1.82) is 0 Å². The van der Waals surface area contributed by atoms with Crippen LogP contribution in [0.25, 0.3) is 6.08 Å². The fourth-order valence-corrected chi connectivity index (χ4v) is 3.19. The fourth-order valence-electron chi connectivity index (χ4n) is 3.19. The molecular weight excluding hydrogens is 363 g/mol. The van der Waals surface area contributed by atoms with E-state index in [1.807, 2.05) is 0 Å². The minimum absolute atomic E-state index is 0.0905. The van der Waals surface area contributed by atoms with Gasteiger partial charge in [-0.1, -0.05) is 12.1 Å². The average Bonchev–Trinajstić information content (AvgIpc) is 3.20. The number of hydrogen-bond donors (Lipinski definition) is 0. The van der Waals surface area contributed by atoms with E-state index < -0.39 is 0 Å². The molecule has 0 N–H and O–H groups in total. The molecule has 2 heterocycles. The molecule has 28 heavy (non-hydrogen) atoms. The third kappa shape index (κ3) is 3.83. The molecule has 144 valence electrons. The van der Waals surface area contributed by atoms with Crippen LogP contribution in [0, 0.1) is 5.82 Å². The van der Waals surface area contributed by atoms with Crippen molar-refractivity contribution in [2.75, 3.05) is 33.0 Å². The van der Waals surface area contributed by atoms with E-state index in [0.717, 1.165) is 5.56 Å². The molecule has 0 aromatic heterocycles. The molecule has 0 bridgehead atoms. The summed E-state index contributed by atoms with van der Waals surface area (Å²) in [5.74, 6) is 0.684. The summed E-state index contributed by atoms with van der Waals surface area (Å²) in [5, 5.41) is 0. The molecule has 0 spiro atoms. The van der Waals surface area contributed by atoms with Gasteiger partial charge < -0.3 is 19.3 Å². The summed E-state index contributed by atoms with van der Waals surface area (Å²) >= 11 is 0. The number of fused-ring (bicyclic) bond motifs is 1. The Morgan fingerprint density at radius 2 is 1.57 bits per heavy atom. The summed E-state index contributed by atoms with van der Waals surface area (Å²) in [4.78, 5) is 28.5. The Kier molecular flexibility index (Phi) is 4.97. The molecule has 7 heteroatoms. The summed E-state index contributed by atoms with van der Waals surface area (Å²) < 4.78 is 23.5. The van der Waals surface area contributed by atoms with E-state index in [0.29, 0.717) is 43.2 Å². The van der Waals surface area contributed by atoms with E-state index in [1.54, 1.807) is 46.2 Å². The van der Waals surface area contributed by atoms with Crippen molar-refractivity contribution in [3.8, 4) is 11.5 Å². The van der Waals surface area contributed by atoms with Crippen molar-refractivity contribution < 1.29 is 23.5 Å². The summed E-state index contributed by atoms with van der Waals surface area (Å²) in [5.41, 5.74) is 1.30. The zero-order valence-corrected chi connectivity index (χ0v) is 15.1. The molecule has 2 aliphatic heterocycles. The highest BCUT2D eigenvalue weighted by molar-refractivity contribution is 5.95. The fraction of sp³-hybridized carbons (Fsp3) is 0.238. The van der Waals surface area contributed by atoms with E-state index in [2.05, 4.69) is 0 Å². The van der Waals surface area contributed by atoms with Crippen molar-refractivity contribution in [3.05, 3.63) is 65.5 Å². The van der Waals surface area contributed by atoms with Gasteiger partial charge in [0.05, 0.1) is 0 Å². The third-order valence-electron chi connectivity index (χ3n) is 4.79. The van der Waals surface area contributed by atoms with Crippen molar-refractivity contribution >= 4 is 17.9 Å². The SMILES string of the molecule is O=C(/C=C/c1ccc(F)cc1)N1CCN(C(=O)c2ccc3c(c2)OCO3)CC1. The van der Waals surface area contributed by atoms with Gasteiger partial charge in [0.25, 0.3) is 5.91 Å². The highest BCUT2D eigenvalue weighted by atomic mass is 19.1. The maximum atomic E-state index is 12.9. The van der Waals surface area contributed by atoms with Crippen molar-refractivity contribution in [2.45, 2.75) is 0 Å². The highest BCUT2D eigenvalue weighted by Gasteiger charge is 2.25. The number of piperazine rings is 1. The third-order valence-corrected chi connectivity index (χ3v) is 4.79. The lowest BCUT2D eigenvalue weighted by molar-refractivity contribution is -0.127. The number of halogens is 1. The molecule has 2 aliphatic rings. The largest absolute Gasteiger partial charge is 0.454 e. The van der Waals surface area contributed by atoms with Crippen LogP contribution >= 0.6 is 0 Å². The number of ether oxygens (including phenoxy) is 2. The first-order valence-electron chi connectivity index (χ1n) is 9.02. The topological polar surface area (TPSA) is 59.1 Å². The monoisotopic (exact) mass is 382 g/mol. The lowest BCUT2D eigenvalue weighted by atomic mass is 10.1. The van der Waals surface area contributed by atoms with Gasteiger partial charge in [-0.2, -0.15) is 0 Å². The van der Waals surface area contributed by atoms with E-state index in [4.69, 9.17) is 9.47 Å². The number of rotatable bonds is 3. The Hall–Kier alpha value is -3.35. The van der Waals surface area contributed by atoms with Crippen LogP contribution < -0.4 is 9.47 Å². The van der Waals surface area contributed by atoms with Gasteiger partial charge in [-0.25, -0.2) is 4.39 Å². The molecule has 2 aromatic carbocycles. The second-order valence-corrected chi connectivity index (χ2v) is 6.57. The molecule has 1 fully saturated rings. The van der Waals surface area contributed by atoms with Gasteiger partial charge in [0.15, 0.2) is 11.5 Å². The van der Waals surface area contributed by atoms with E-state index >= 15 is 0 Å². The molecule has 1 saturated heterocycles. The van der Waals surface area contributed by atoms with Crippen LogP contribution in [0.5, 0.6) is 11.5 Å². The van der Waals surface area contributed by atoms with Gasteiger partial charge in [0, 0.05) is 37.8 Å². The van der Waals surface area contributed by atoms with Crippen molar-refractivity contribution in [1.82, 2.24) is 9.80 Å². The van der Waals surface area contributed by atoms with Crippen LogP contribution in [0.2, 0.25) is 0 Å². The Labute approximate surface area is 161 Å². The molecule has 0 atom stereocenters. The Bertz CT molecular complexity index is 919. The van der Waals surface area contributed by atoms with Crippen LogP contribution in [0.15, 0.2) is 48.5 Å². The zero-order valence-electron chi connectivity index (χ0n) is 15.1. The van der Waals surface area contributed by atoms with Gasteiger partial charge in [-0.3, -0.25) is 9.59 Å². The van der Waals surface area contributed by atoms with E-state index in [9.17, 15) is 14.0 Å². The van der Waals surface area contributed by atoms with Crippen molar-refractivity contribution in [3.63, 3.8) is 0 Å². The predicted octanol–water partition coefficient (Wildman–Crippen LogP) is 2.55. The van der Waals surface area contributed by atoms with Gasteiger partial charge in [0.2, 0.25) is 12.7 Å². The van der Waals surface area contributed by atoms with Crippen molar-refractivity contribution in [2.24, 2.45) is 0 Å². The van der Waals surface area contributed by atoms with Crippen LogP contribution in [0.1, 0.15) is 15.9 Å². The number of hydrogen-bond acceptors (Lipinski definition) is 4. The first-order valence-corrected chi connectivity index (χ1v) is 9.02. The summed E-state index contributed by atoms with van der Waals surface area (Å²) in [6.45, 7) is 2.01. The first kappa shape index (κ1) is 18.0. The number of benzene rings is 2. The normalized spacial score (nSPS) is 15.9. The molecular formula is C21H19FN2O4. The minimum atomic E-state index is -0.313. The first-order chi connectivity index (χ1) is 13.6. The smallest absolute Gasteiger partial charge is 0.254 e. The van der Waals surface area contributed by atoms with Crippen LogP contribution in [0.3, 0.4) is 0 Å². The van der Waals surface area contributed by atoms with Gasteiger partial charge in [-0.15, -0.1) is 0 Å². The zero-order chi connectivity index (χ0) is 19.5. The van der Waals surface area contributed by atoms with E-state index in [1.165, 1.54) is 18.2 Å². The van der Waals surface area contributed by atoms with Gasteiger partial charge >= 0.3 is 0 Å². The van der Waals surface area contributed by atoms with Crippen LogP contribution in [0.4, 0.5) is 4.39 Å². The van der Waals surface area contributed by atoms with E-state index in [-0.39, 0.29) is 24.4 Å². The van der Waals surface area contributed by atoms with Crippen LogP contribution in [-0.4, -0.2) is 54.6 Å². The summed E-state index contributed by atoms with van der Waals surface area (Å²) in [6.07, 6.45) is 3.13. The number of nitrogens with zero attached hydrogens (tertiary/aromatic N) is 2. The second-order valence-electron chi connectivity index (χ2n) is 6.57. The minimum Gasteiger partial charge on any atom is -0.454 e. The molecule has 2 amide bonds. The molecule has 6 nitrogen and oxygen atoms in total. The van der Waals surface area contributed by atoms with Gasteiger partial charge in [-0.05, 0) is 42.0 Å². The molecule has 4 rings (SSSR count). The number of carbonyl (C=O) groups is 2. The average molecular weight is 382 g/mol. The lowest BCUT2D eigenvalue weighted by Crippen LogP contribution is -2.50. The molecule has 0 radical (unpaired) electrons.